The van der Waals surface area contributed by atoms with E-state index in [1.807, 2.05) is 11.3 Å². The fourth-order valence-corrected chi connectivity index (χ4v) is 3.68. The second-order valence-corrected chi connectivity index (χ2v) is 7.14. The Morgan fingerprint density at radius 2 is 2.05 bits per heavy atom. The molecule has 1 N–H and O–H groups in total. The van der Waals surface area contributed by atoms with Crippen LogP contribution in [0.5, 0.6) is 0 Å². The van der Waals surface area contributed by atoms with Crippen molar-refractivity contribution in [1.82, 2.24) is 10.3 Å². The quantitative estimate of drug-likeness (QED) is 0.864. The van der Waals surface area contributed by atoms with Crippen molar-refractivity contribution in [3.05, 3.63) is 10.6 Å². The molecule has 20 heavy (non-hydrogen) atoms. The number of hydrogen-bond acceptors (Lipinski definition) is 4. The predicted octanol–water partition coefficient (Wildman–Crippen LogP) is 3.83. The molecule has 0 aromatic carbocycles. The number of nitrogens with one attached hydrogen (secondary N) is 1. The van der Waals surface area contributed by atoms with E-state index in [1.54, 1.807) is 0 Å². The molecule has 2 rings (SSSR count). The molecular formula is C16H29N3S. The monoisotopic (exact) mass is 295 g/mol. The summed E-state index contributed by atoms with van der Waals surface area (Å²) in [6.07, 6.45) is 4.83. The van der Waals surface area contributed by atoms with Crippen LogP contribution >= 0.6 is 11.3 Å². The number of anilines is 1. The van der Waals surface area contributed by atoms with Crippen LogP contribution in [-0.2, 0) is 13.0 Å². The Labute approximate surface area is 127 Å². The van der Waals surface area contributed by atoms with Gasteiger partial charge in [-0.15, -0.1) is 11.3 Å². The number of thiazole rings is 1. The van der Waals surface area contributed by atoms with Gasteiger partial charge in [-0.2, -0.15) is 0 Å². The molecule has 1 aromatic rings. The summed E-state index contributed by atoms with van der Waals surface area (Å²) in [5.74, 6) is 0.878. The van der Waals surface area contributed by atoms with E-state index in [2.05, 4.69) is 37.9 Å². The van der Waals surface area contributed by atoms with E-state index in [1.165, 1.54) is 48.1 Å². The van der Waals surface area contributed by atoms with Gasteiger partial charge in [0, 0.05) is 30.6 Å². The SMILES string of the molecule is CCc1nc(N2CCC(C)CC2)sc1CNC(C)CC. The van der Waals surface area contributed by atoms with Crippen LogP contribution < -0.4 is 10.2 Å². The minimum absolute atomic E-state index is 0.584. The normalized spacial score (nSPS) is 18.5. The van der Waals surface area contributed by atoms with Crippen LogP contribution in [0.15, 0.2) is 0 Å². The van der Waals surface area contributed by atoms with Gasteiger partial charge in [-0.3, -0.25) is 0 Å². The maximum absolute atomic E-state index is 4.89. The molecule has 0 amide bonds. The first-order valence-electron chi connectivity index (χ1n) is 8.10. The lowest BCUT2D eigenvalue weighted by molar-refractivity contribution is 0.438. The fourth-order valence-electron chi connectivity index (χ4n) is 2.53. The average Bonchev–Trinajstić information content (AvgIpc) is 2.88. The number of rotatable bonds is 6. The molecule has 0 saturated carbocycles. The van der Waals surface area contributed by atoms with Gasteiger partial charge in [0.15, 0.2) is 5.13 Å². The topological polar surface area (TPSA) is 28.2 Å². The molecule has 114 valence electrons. The van der Waals surface area contributed by atoms with Crippen molar-refractivity contribution in [2.24, 2.45) is 5.92 Å². The van der Waals surface area contributed by atoms with Gasteiger partial charge in [0.05, 0.1) is 5.69 Å². The highest BCUT2D eigenvalue weighted by molar-refractivity contribution is 7.15. The lowest BCUT2D eigenvalue weighted by Crippen LogP contribution is -2.32. The third-order valence-corrected chi connectivity index (χ3v) is 5.54. The van der Waals surface area contributed by atoms with Gasteiger partial charge in [-0.25, -0.2) is 4.98 Å². The molecule has 3 nitrogen and oxygen atoms in total. The minimum Gasteiger partial charge on any atom is -0.348 e. The van der Waals surface area contributed by atoms with E-state index in [4.69, 9.17) is 4.98 Å². The molecule has 2 heterocycles. The molecule has 0 spiro atoms. The number of aromatic nitrogens is 1. The smallest absolute Gasteiger partial charge is 0.185 e. The molecule has 1 fully saturated rings. The standard InChI is InChI=1S/C16H29N3S/c1-5-13(4)17-11-15-14(6-2)18-16(20-15)19-9-7-12(3)8-10-19/h12-13,17H,5-11H2,1-4H3. The Hall–Kier alpha value is -0.610. The third-order valence-electron chi connectivity index (χ3n) is 4.38. The predicted molar refractivity (Wildman–Crippen MR) is 88.7 cm³/mol. The van der Waals surface area contributed by atoms with Crippen LogP contribution in [0.2, 0.25) is 0 Å². The van der Waals surface area contributed by atoms with E-state index >= 15 is 0 Å². The zero-order chi connectivity index (χ0) is 14.5. The molecule has 4 heteroatoms. The van der Waals surface area contributed by atoms with Crippen molar-refractivity contribution in [2.45, 2.75) is 66.0 Å². The fraction of sp³-hybridized carbons (Fsp3) is 0.812. The lowest BCUT2D eigenvalue weighted by atomic mass is 10.00. The number of nitrogens with zero attached hydrogens (tertiary/aromatic N) is 2. The molecule has 1 aliphatic heterocycles. The maximum atomic E-state index is 4.89. The van der Waals surface area contributed by atoms with Crippen LogP contribution in [0.1, 0.15) is 57.5 Å². The molecule has 1 aromatic heterocycles. The minimum atomic E-state index is 0.584. The molecule has 1 aliphatic rings. The van der Waals surface area contributed by atoms with Crippen molar-refractivity contribution < 1.29 is 0 Å². The summed E-state index contributed by atoms with van der Waals surface area (Å²) < 4.78 is 0. The van der Waals surface area contributed by atoms with Crippen molar-refractivity contribution >= 4 is 16.5 Å². The Balaban J connectivity index is 2.02. The lowest BCUT2D eigenvalue weighted by Gasteiger charge is -2.29. The van der Waals surface area contributed by atoms with Crippen LogP contribution in [0, 0.1) is 5.92 Å². The van der Waals surface area contributed by atoms with Crippen LogP contribution in [0.3, 0.4) is 0 Å². The molecule has 0 aliphatic carbocycles. The summed E-state index contributed by atoms with van der Waals surface area (Å²) in [6.45, 7) is 12.4. The van der Waals surface area contributed by atoms with Crippen molar-refractivity contribution in [2.75, 3.05) is 18.0 Å². The first-order valence-corrected chi connectivity index (χ1v) is 8.92. The van der Waals surface area contributed by atoms with Gasteiger partial charge in [0.2, 0.25) is 0 Å². The number of piperidine rings is 1. The highest BCUT2D eigenvalue weighted by Crippen LogP contribution is 2.30. The first kappa shape index (κ1) is 15.8. The van der Waals surface area contributed by atoms with Gasteiger partial charge in [-0.05, 0) is 38.5 Å². The van der Waals surface area contributed by atoms with E-state index < -0.39 is 0 Å². The van der Waals surface area contributed by atoms with Crippen molar-refractivity contribution in [3.63, 3.8) is 0 Å². The largest absolute Gasteiger partial charge is 0.348 e. The summed E-state index contributed by atoms with van der Waals surface area (Å²) in [7, 11) is 0. The third kappa shape index (κ3) is 3.95. The van der Waals surface area contributed by atoms with Crippen LogP contribution in [-0.4, -0.2) is 24.1 Å². The second-order valence-electron chi connectivity index (χ2n) is 6.08. The van der Waals surface area contributed by atoms with E-state index in [0.717, 1.165) is 18.9 Å². The highest BCUT2D eigenvalue weighted by atomic mass is 32.1. The summed E-state index contributed by atoms with van der Waals surface area (Å²) >= 11 is 1.90. The number of hydrogen-bond donors (Lipinski definition) is 1. The van der Waals surface area contributed by atoms with E-state index in [-0.39, 0.29) is 0 Å². The molecule has 0 bridgehead atoms. The van der Waals surface area contributed by atoms with Crippen molar-refractivity contribution in [3.8, 4) is 0 Å². The van der Waals surface area contributed by atoms with Gasteiger partial charge in [0.25, 0.3) is 0 Å². The molecule has 1 unspecified atom stereocenters. The van der Waals surface area contributed by atoms with Gasteiger partial charge < -0.3 is 10.2 Å². The van der Waals surface area contributed by atoms with E-state index in [0.29, 0.717) is 6.04 Å². The van der Waals surface area contributed by atoms with Gasteiger partial charge in [0.1, 0.15) is 0 Å². The number of aryl methyl sites for hydroxylation is 1. The van der Waals surface area contributed by atoms with Crippen LogP contribution in [0.25, 0.3) is 0 Å². The summed E-state index contributed by atoms with van der Waals surface area (Å²) in [5, 5.41) is 4.84. The van der Waals surface area contributed by atoms with Crippen LogP contribution in [0.4, 0.5) is 5.13 Å². The van der Waals surface area contributed by atoms with Gasteiger partial charge >= 0.3 is 0 Å². The van der Waals surface area contributed by atoms with Crippen molar-refractivity contribution in [1.29, 1.82) is 0 Å². The Kier molecular flexibility index (Phi) is 5.85. The summed E-state index contributed by atoms with van der Waals surface area (Å²) in [6, 6.07) is 0.584. The first-order chi connectivity index (χ1) is 9.63. The molecule has 1 atom stereocenters. The molecular weight excluding hydrogens is 266 g/mol. The zero-order valence-corrected chi connectivity index (χ0v) is 14.2. The van der Waals surface area contributed by atoms with E-state index in [9.17, 15) is 0 Å². The Bertz CT molecular complexity index is 408. The Morgan fingerprint density at radius 3 is 2.65 bits per heavy atom. The highest BCUT2D eigenvalue weighted by Gasteiger charge is 2.20. The maximum Gasteiger partial charge on any atom is 0.185 e. The molecule has 0 radical (unpaired) electrons. The Morgan fingerprint density at radius 1 is 1.35 bits per heavy atom. The average molecular weight is 295 g/mol. The summed E-state index contributed by atoms with van der Waals surface area (Å²) in [5.41, 5.74) is 1.29. The zero-order valence-electron chi connectivity index (χ0n) is 13.4. The summed E-state index contributed by atoms with van der Waals surface area (Å²) in [4.78, 5) is 8.80. The molecule has 1 saturated heterocycles. The van der Waals surface area contributed by atoms with Gasteiger partial charge in [-0.1, -0.05) is 20.8 Å². The second kappa shape index (κ2) is 7.41.